The SMILES string of the molecule is CCOC(=O)N1CCc2c(sc(NC(=O)/C=C/c3ccc(C)cc3)c2C#N)C1. The molecule has 0 atom stereocenters. The van der Waals surface area contributed by atoms with Gasteiger partial charge in [-0.15, -0.1) is 11.3 Å². The minimum Gasteiger partial charge on any atom is -0.450 e. The molecule has 0 saturated heterocycles. The summed E-state index contributed by atoms with van der Waals surface area (Å²) < 4.78 is 5.05. The maximum Gasteiger partial charge on any atom is 0.410 e. The Labute approximate surface area is 168 Å². The highest BCUT2D eigenvalue weighted by Gasteiger charge is 2.27. The van der Waals surface area contributed by atoms with Crippen molar-refractivity contribution in [3.8, 4) is 6.07 Å². The summed E-state index contributed by atoms with van der Waals surface area (Å²) in [6.07, 6.45) is 3.40. The first-order chi connectivity index (χ1) is 13.5. The summed E-state index contributed by atoms with van der Waals surface area (Å²) in [5, 5.41) is 12.9. The minimum atomic E-state index is -0.355. The van der Waals surface area contributed by atoms with E-state index in [1.807, 2.05) is 31.2 Å². The van der Waals surface area contributed by atoms with Crippen LogP contribution in [0.25, 0.3) is 6.08 Å². The topological polar surface area (TPSA) is 82.4 Å². The normalized spacial score (nSPS) is 13.1. The fourth-order valence-corrected chi connectivity index (χ4v) is 4.20. The molecule has 6 nitrogen and oxygen atoms in total. The van der Waals surface area contributed by atoms with Crippen LogP contribution in [0.1, 0.15) is 34.1 Å². The van der Waals surface area contributed by atoms with E-state index in [9.17, 15) is 14.9 Å². The zero-order chi connectivity index (χ0) is 20.1. The number of ether oxygens (including phenoxy) is 1. The fraction of sp³-hybridized carbons (Fsp3) is 0.286. The predicted octanol–water partition coefficient (Wildman–Crippen LogP) is 4.09. The molecule has 0 saturated carbocycles. The van der Waals surface area contributed by atoms with Crippen molar-refractivity contribution in [1.29, 1.82) is 5.26 Å². The number of fused-ring (bicyclic) bond motifs is 1. The highest BCUT2D eigenvalue weighted by Crippen LogP contribution is 2.36. The van der Waals surface area contributed by atoms with E-state index in [-0.39, 0.29) is 12.0 Å². The third-order valence-electron chi connectivity index (χ3n) is 4.44. The average molecular weight is 395 g/mol. The molecule has 0 radical (unpaired) electrons. The van der Waals surface area contributed by atoms with Crippen molar-refractivity contribution in [2.75, 3.05) is 18.5 Å². The standard InChI is InChI=1S/C21H21N3O3S/c1-3-27-21(26)24-11-10-16-17(12-22)20(28-18(16)13-24)23-19(25)9-8-15-6-4-14(2)5-7-15/h4-9H,3,10-11,13H2,1-2H3,(H,23,25)/b9-8+. The highest BCUT2D eigenvalue weighted by molar-refractivity contribution is 7.16. The summed E-state index contributed by atoms with van der Waals surface area (Å²) in [5.74, 6) is -0.294. The molecule has 144 valence electrons. The zero-order valence-corrected chi connectivity index (χ0v) is 16.6. The van der Waals surface area contributed by atoms with Crippen molar-refractivity contribution >= 4 is 34.4 Å². The Bertz CT molecular complexity index is 955. The molecule has 1 aliphatic rings. The van der Waals surface area contributed by atoms with Crippen LogP contribution in [-0.4, -0.2) is 30.1 Å². The Balaban J connectivity index is 1.73. The number of thiophene rings is 1. The molecule has 1 N–H and O–H groups in total. The van der Waals surface area contributed by atoms with E-state index >= 15 is 0 Å². The van der Waals surface area contributed by atoms with Crippen LogP contribution in [0.2, 0.25) is 0 Å². The van der Waals surface area contributed by atoms with E-state index in [2.05, 4.69) is 11.4 Å². The number of hydrogen-bond acceptors (Lipinski definition) is 5. The molecule has 1 aromatic carbocycles. The van der Waals surface area contributed by atoms with Crippen molar-refractivity contribution in [2.45, 2.75) is 26.8 Å². The number of aryl methyl sites for hydroxylation is 1. The molecule has 0 fully saturated rings. The second kappa shape index (κ2) is 8.72. The Morgan fingerprint density at radius 1 is 1.36 bits per heavy atom. The summed E-state index contributed by atoms with van der Waals surface area (Å²) >= 11 is 1.34. The van der Waals surface area contributed by atoms with Gasteiger partial charge in [0.2, 0.25) is 5.91 Å². The van der Waals surface area contributed by atoms with Gasteiger partial charge in [0, 0.05) is 17.5 Å². The van der Waals surface area contributed by atoms with Gasteiger partial charge in [0.25, 0.3) is 0 Å². The lowest BCUT2D eigenvalue weighted by Gasteiger charge is -2.25. The van der Waals surface area contributed by atoms with Crippen molar-refractivity contribution < 1.29 is 14.3 Å². The molecule has 3 rings (SSSR count). The van der Waals surface area contributed by atoms with Gasteiger partial charge >= 0.3 is 6.09 Å². The number of hydrogen-bond donors (Lipinski definition) is 1. The number of nitrogens with one attached hydrogen (secondary N) is 1. The maximum atomic E-state index is 12.3. The number of carbonyl (C=O) groups is 2. The van der Waals surface area contributed by atoms with E-state index in [4.69, 9.17) is 4.74 Å². The molecular weight excluding hydrogens is 374 g/mol. The van der Waals surface area contributed by atoms with Crippen LogP contribution in [0.4, 0.5) is 9.80 Å². The first-order valence-electron chi connectivity index (χ1n) is 9.04. The van der Waals surface area contributed by atoms with Gasteiger partial charge in [0.15, 0.2) is 0 Å². The van der Waals surface area contributed by atoms with Crippen molar-refractivity contribution in [3.63, 3.8) is 0 Å². The number of anilines is 1. The molecule has 0 aliphatic carbocycles. The molecule has 0 spiro atoms. The Morgan fingerprint density at radius 3 is 2.79 bits per heavy atom. The average Bonchev–Trinajstić information content (AvgIpc) is 3.03. The van der Waals surface area contributed by atoms with Gasteiger partial charge in [-0.05, 0) is 37.5 Å². The molecule has 28 heavy (non-hydrogen) atoms. The van der Waals surface area contributed by atoms with Crippen molar-refractivity contribution in [2.24, 2.45) is 0 Å². The number of rotatable bonds is 4. The lowest BCUT2D eigenvalue weighted by atomic mass is 10.0. The summed E-state index contributed by atoms with van der Waals surface area (Å²) in [4.78, 5) is 26.8. The molecule has 2 amide bonds. The molecule has 2 aromatic rings. The van der Waals surface area contributed by atoms with Crippen LogP contribution >= 0.6 is 11.3 Å². The molecule has 1 aliphatic heterocycles. The number of carbonyl (C=O) groups excluding carboxylic acids is 2. The monoisotopic (exact) mass is 395 g/mol. The molecule has 0 bridgehead atoms. The quantitative estimate of drug-likeness (QED) is 0.791. The van der Waals surface area contributed by atoms with Crippen molar-refractivity contribution in [3.05, 3.63) is 57.5 Å². The van der Waals surface area contributed by atoms with Gasteiger partial charge in [-0.1, -0.05) is 29.8 Å². The Hall–Kier alpha value is -3.11. The summed E-state index contributed by atoms with van der Waals surface area (Å²) in [5.41, 5.74) is 3.48. The first kappa shape index (κ1) is 19.6. The molecule has 2 heterocycles. The van der Waals surface area contributed by atoms with Crippen molar-refractivity contribution in [1.82, 2.24) is 4.90 Å². The molecule has 1 aromatic heterocycles. The van der Waals surface area contributed by atoms with Gasteiger partial charge in [-0.2, -0.15) is 5.26 Å². The second-order valence-electron chi connectivity index (χ2n) is 6.42. The predicted molar refractivity (Wildman–Crippen MR) is 109 cm³/mol. The second-order valence-corrected chi connectivity index (χ2v) is 7.53. The lowest BCUT2D eigenvalue weighted by Crippen LogP contribution is -2.35. The van der Waals surface area contributed by atoms with Crippen LogP contribution in [0.15, 0.2) is 30.3 Å². The maximum absolute atomic E-state index is 12.3. The van der Waals surface area contributed by atoms with Crippen LogP contribution < -0.4 is 5.32 Å². The molecule has 7 heteroatoms. The first-order valence-corrected chi connectivity index (χ1v) is 9.85. The Kier molecular flexibility index (Phi) is 6.12. The van der Waals surface area contributed by atoms with Gasteiger partial charge in [0.1, 0.15) is 11.1 Å². The third-order valence-corrected chi connectivity index (χ3v) is 5.57. The summed E-state index contributed by atoms with van der Waals surface area (Å²) in [7, 11) is 0. The van der Waals surface area contributed by atoms with E-state index in [0.29, 0.717) is 36.7 Å². The zero-order valence-electron chi connectivity index (χ0n) is 15.8. The van der Waals surface area contributed by atoms with Gasteiger partial charge in [0.05, 0.1) is 18.7 Å². The van der Waals surface area contributed by atoms with E-state index in [1.165, 1.54) is 17.4 Å². The number of amides is 2. The number of benzene rings is 1. The summed E-state index contributed by atoms with van der Waals surface area (Å²) in [6.45, 7) is 4.99. The Morgan fingerprint density at radius 2 is 2.11 bits per heavy atom. The van der Waals surface area contributed by atoms with Crippen LogP contribution in [-0.2, 0) is 22.5 Å². The third kappa shape index (κ3) is 4.41. The lowest BCUT2D eigenvalue weighted by molar-refractivity contribution is -0.111. The molecular formula is C21H21N3O3S. The van der Waals surface area contributed by atoms with Crippen LogP contribution in [0.5, 0.6) is 0 Å². The minimum absolute atomic E-state index is 0.294. The van der Waals surface area contributed by atoms with Crippen LogP contribution in [0, 0.1) is 18.3 Å². The van der Waals surface area contributed by atoms with E-state index in [1.54, 1.807) is 17.9 Å². The van der Waals surface area contributed by atoms with E-state index in [0.717, 1.165) is 21.6 Å². The van der Waals surface area contributed by atoms with Gasteiger partial charge in [-0.25, -0.2) is 4.79 Å². The highest BCUT2D eigenvalue weighted by atomic mass is 32.1. The smallest absolute Gasteiger partial charge is 0.410 e. The van der Waals surface area contributed by atoms with E-state index < -0.39 is 0 Å². The van der Waals surface area contributed by atoms with Crippen LogP contribution in [0.3, 0.4) is 0 Å². The number of nitriles is 1. The number of nitrogens with zero attached hydrogens (tertiary/aromatic N) is 2. The molecule has 0 unspecified atom stereocenters. The summed E-state index contributed by atoms with van der Waals surface area (Å²) in [6, 6.07) is 10.0. The fourth-order valence-electron chi connectivity index (χ4n) is 2.98. The van der Waals surface area contributed by atoms with Gasteiger partial charge in [-0.3, -0.25) is 4.79 Å². The van der Waals surface area contributed by atoms with Gasteiger partial charge < -0.3 is 15.0 Å². The largest absolute Gasteiger partial charge is 0.450 e.